The fourth-order valence-electron chi connectivity index (χ4n) is 1.72. The van der Waals surface area contributed by atoms with E-state index in [0.717, 1.165) is 0 Å². The first-order chi connectivity index (χ1) is 11.2. The third-order valence-electron chi connectivity index (χ3n) is 2.66. The molecule has 0 saturated carbocycles. The average molecular weight is 336 g/mol. The third-order valence-corrected chi connectivity index (χ3v) is 2.66. The Morgan fingerprint density at radius 3 is 1.29 bits per heavy atom. The van der Waals surface area contributed by atoms with Gasteiger partial charge in [-0.2, -0.15) is 0 Å². The number of rotatable bonds is 4. The summed E-state index contributed by atoms with van der Waals surface area (Å²) >= 11 is 0. The van der Waals surface area contributed by atoms with Crippen LogP contribution in [-0.2, 0) is 0 Å². The van der Waals surface area contributed by atoms with E-state index in [2.05, 4.69) is 0 Å². The lowest BCUT2D eigenvalue weighted by atomic mass is 10.2. The van der Waals surface area contributed by atoms with Crippen LogP contribution in [-0.4, -0.2) is 22.8 Å². The molecule has 0 aliphatic carbocycles. The van der Waals surface area contributed by atoms with Crippen molar-refractivity contribution < 1.29 is 19.7 Å². The first kappa shape index (κ1) is 19.2. The summed E-state index contributed by atoms with van der Waals surface area (Å²) in [4.78, 5) is 0. The summed E-state index contributed by atoms with van der Waals surface area (Å²) in [6.07, 6.45) is -1.73. The molecule has 10 N–H and O–H groups in total. The largest absolute Gasteiger partial charge is 0.463 e. The predicted molar refractivity (Wildman–Crippen MR) is 95.2 cm³/mol. The number of nitrogen functional groups attached to an aromatic ring is 4. The van der Waals surface area contributed by atoms with E-state index in [1.54, 1.807) is 36.4 Å². The molecule has 0 aliphatic rings. The summed E-state index contributed by atoms with van der Waals surface area (Å²) < 4.78 is 9.95. The highest BCUT2D eigenvalue weighted by atomic mass is 16.6. The van der Waals surface area contributed by atoms with Crippen LogP contribution in [0.2, 0.25) is 0 Å². The van der Waals surface area contributed by atoms with Crippen LogP contribution in [0.15, 0.2) is 36.4 Å². The summed E-state index contributed by atoms with van der Waals surface area (Å²) in [7, 11) is 0. The minimum Gasteiger partial charge on any atom is -0.463 e. The molecule has 24 heavy (non-hydrogen) atoms. The van der Waals surface area contributed by atoms with Gasteiger partial charge in [0.05, 0.1) is 11.4 Å². The Morgan fingerprint density at radius 2 is 1.04 bits per heavy atom. The minimum absolute atomic E-state index is 0.427. The number of ether oxygens (including phenoxy) is 2. The van der Waals surface area contributed by atoms with Crippen LogP contribution in [0.5, 0.6) is 11.5 Å². The monoisotopic (exact) mass is 336 g/mol. The Morgan fingerprint density at radius 1 is 0.708 bits per heavy atom. The van der Waals surface area contributed by atoms with E-state index in [1.165, 1.54) is 13.8 Å². The van der Waals surface area contributed by atoms with E-state index in [1.807, 2.05) is 0 Å². The van der Waals surface area contributed by atoms with Crippen LogP contribution in [0.4, 0.5) is 22.7 Å². The lowest BCUT2D eigenvalue weighted by molar-refractivity contribution is -0.000280. The van der Waals surface area contributed by atoms with Gasteiger partial charge >= 0.3 is 0 Å². The van der Waals surface area contributed by atoms with E-state index >= 15 is 0 Å². The van der Waals surface area contributed by atoms with Gasteiger partial charge in [0, 0.05) is 11.4 Å². The number of hydrogen-bond acceptors (Lipinski definition) is 8. The van der Waals surface area contributed by atoms with Crippen molar-refractivity contribution in [1.82, 2.24) is 0 Å². The Balaban J connectivity index is 0.000000240. The summed E-state index contributed by atoms with van der Waals surface area (Å²) in [5, 5.41) is 17.8. The molecule has 2 aromatic rings. The van der Waals surface area contributed by atoms with Crippen molar-refractivity contribution in [1.29, 1.82) is 0 Å². The Kier molecular flexibility index (Phi) is 6.97. The molecule has 0 amide bonds. The van der Waals surface area contributed by atoms with E-state index < -0.39 is 12.6 Å². The summed E-state index contributed by atoms with van der Waals surface area (Å²) in [5.74, 6) is 0.887. The van der Waals surface area contributed by atoms with Crippen LogP contribution in [0.1, 0.15) is 13.8 Å². The molecule has 0 bridgehead atoms. The standard InChI is InChI=1S/2C8H12N2O2/c2*1-5(11)12-8-3-2-6(9)4-7(8)10/h2*2-5,11H,9-10H2,1H3. The van der Waals surface area contributed by atoms with E-state index in [4.69, 9.17) is 42.6 Å². The van der Waals surface area contributed by atoms with Crippen LogP contribution in [0.25, 0.3) is 0 Å². The molecular formula is C16H24N4O4. The molecular weight excluding hydrogens is 312 g/mol. The topological polar surface area (TPSA) is 163 Å². The second-order valence-corrected chi connectivity index (χ2v) is 5.03. The average Bonchev–Trinajstić information content (AvgIpc) is 2.45. The number of anilines is 4. The number of aliphatic hydroxyl groups excluding tert-OH is 2. The van der Waals surface area contributed by atoms with E-state index in [0.29, 0.717) is 34.2 Å². The molecule has 132 valence electrons. The summed E-state index contributed by atoms with van der Waals surface area (Å²) in [6, 6.07) is 9.73. The van der Waals surface area contributed by atoms with Crippen LogP contribution < -0.4 is 32.4 Å². The minimum atomic E-state index is -0.865. The van der Waals surface area contributed by atoms with Gasteiger partial charge < -0.3 is 42.6 Å². The van der Waals surface area contributed by atoms with Crippen molar-refractivity contribution in [2.24, 2.45) is 0 Å². The van der Waals surface area contributed by atoms with Crippen LogP contribution >= 0.6 is 0 Å². The SMILES string of the molecule is CC(O)Oc1ccc(N)cc1N.CC(O)Oc1ccc(N)cc1N. The zero-order chi connectivity index (χ0) is 18.3. The molecule has 0 heterocycles. The molecule has 0 radical (unpaired) electrons. The maximum Gasteiger partial charge on any atom is 0.194 e. The van der Waals surface area contributed by atoms with Crippen molar-refractivity contribution in [2.75, 3.05) is 22.9 Å². The van der Waals surface area contributed by atoms with E-state index in [9.17, 15) is 0 Å². The fourth-order valence-corrected chi connectivity index (χ4v) is 1.72. The lowest BCUT2D eigenvalue weighted by Crippen LogP contribution is -2.10. The quantitative estimate of drug-likeness (QED) is 0.357. The van der Waals surface area contributed by atoms with Crippen molar-refractivity contribution in [3.05, 3.63) is 36.4 Å². The van der Waals surface area contributed by atoms with Gasteiger partial charge in [-0.05, 0) is 50.2 Å². The zero-order valence-corrected chi connectivity index (χ0v) is 13.6. The van der Waals surface area contributed by atoms with Crippen LogP contribution in [0, 0.1) is 0 Å². The van der Waals surface area contributed by atoms with Gasteiger partial charge in [0.25, 0.3) is 0 Å². The molecule has 0 fully saturated rings. The second-order valence-electron chi connectivity index (χ2n) is 5.03. The van der Waals surface area contributed by atoms with Gasteiger partial charge in [-0.3, -0.25) is 0 Å². The van der Waals surface area contributed by atoms with Gasteiger partial charge in [-0.1, -0.05) is 0 Å². The van der Waals surface area contributed by atoms with Crippen LogP contribution in [0.3, 0.4) is 0 Å². The maximum absolute atomic E-state index is 8.89. The highest BCUT2D eigenvalue weighted by molar-refractivity contribution is 5.61. The maximum atomic E-state index is 8.89. The number of hydrogen-bond donors (Lipinski definition) is 6. The van der Waals surface area contributed by atoms with Crippen molar-refractivity contribution in [2.45, 2.75) is 26.4 Å². The Labute approximate surface area is 140 Å². The van der Waals surface area contributed by atoms with Crippen molar-refractivity contribution in [3.63, 3.8) is 0 Å². The molecule has 2 aromatic carbocycles. The molecule has 0 aliphatic heterocycles. The lowest BCUT2D eigenvalue weighted by Gasteiger charge is -2.10. The Bertz CT molecular complexity index is 605. The number of aliphatic hydroxyl groups is 2. The normalized spacial score (nSPS) is 12.5. The number of nitrogens with two attached hydrogens (primary N) is 4. The molecule has 0 aromatic heterocycles. The van der Waals surface area contributed by atoms with Crippen molar-refractivity contribution >= 4 is 22.7 Å². The van der Waals surface area contributed by atoms with Gasteiger partial charge in [0.15, 0.2) is 12.6 Å². The van der Waals surface area contributed by atoms with Gasteiger partial charge in [0.2, 0.25) is 0 Å². The first-order valence-corrected chi connectivity index (χ1v) is 7.18. The number of benzene rings is 2. The summed E-state index contributed by atoms with van der Waals surface area (Å²) in [5.41, 5.74) is 24.0. The molecule has 8 heteroatoms. The smallest absolute Gasteiger partial charge is 0.194 e. The first-order valence-electron chi connectivity index (χ1n) is 7.18. The highest BCUT2D eigenvalue weighted by Gasteiger charge is 2.03. The Hall–Kier alpha value is -2.84. The predicted octanol–water partition coefficient (Wildman–Crippen LogP) is 1.14. The van der Waals surface area contributed by atoms with Gasteiger partial charge in [-0.15, -0.1) is 0 Å². The molecule has 0 spiro atoms. The molecule has 8 nitrogen and oxygen atoms in total. The van der Waals surface area contributed by atoms with Gasteiger partial charge in [0.1, 0.15) is 11.5 Å². The molecule has 2 rings (SSSR count). The third kappa shape index (κ3) is 6.51. The van der Waals surface area contributed by atoms with Crippen molar-refractivity contribution in [3.8, 4) is 11.5 Å². The molecule has 2 atom stereocenters. The second kappa shape index (κ2) is 8.70. The molecule has 2 unspecified atom stereocenters. The zero-order valence-electron chi connectivity index (χ0n) is 13.6. The molecule has 0 saturated heterocycles. The van der Waals surface area contributed by atoms with Gasteiger partial charge in [-0.25, -0.2) is 0 Å². The highest BCUT2D eigenvalue weighted by Crippen LogP contribution is 2.24. The fraction of sp³-hybridized carbons (Fsp3) is 0.250. The summed E-state index contributed by atoms with van der Waals surface area (Å²) in [6.45, 7) is 3.02. The van der Waals surface area contributed by atoms with E-state index in [-0.39, 0.29) is 0 Å².